The molecule has 7 nitrogen and oxygen atoms in total. The van der Waals surface area contributed by atoms with E-state index in [1.807, 2.05) is 26.1 Å². The Morgan fingerprint density at radius 3 is 2.77 bits per heavy atom. The van der Waals surface area contributed by atoms with Gasteiger partial charge in [0.05, 0.1) is 13.2 Å². The smallest absolute Gasteiger partial charge is 0.249 e. The Morgan fingerprint density at radius 1 is 1.27 bits per heavy atom. The predicted octanol–water partition coefficient (Wildman–Crippen LogP) is 1.88. The number of carbonyl (C=O) groups is 1. The first-order valence-electron chi connectivity index (χ1n) is 9.86. The average Bonchev–Trinajstić information content (AvgIpc) is 3.25. The quantitative estimate of drug-likeness (QED) is 0.762. The standard InChI is InChI=1S/C22H25N5O2S/c1-4-5-15-10-16(13-24-12-15)17-11-18(30-14-17)22(2)19(27-6-8-29-9-7-27)20(28)26(3)21(23)25-22/h10-14,19H,6-9H2,1-3H3,(H2,23,25)/t19?,22-/m1/s1. The summed E-state index contributed by atoms with van der Waals surface area (Å²) in [7, 11) is 1.68. The molecule has 2 N–H and O–H groups in total. The molecule has 2 aromatic rings. The minimum Gasteiger partial charge on any atom is -0.379 e. The zero-order valence-electron chi connectivity index (χ0n) is 17.4. The van der Waals surface area contributed by atoms with Crippen LogP contribution in [0.3, 0.4) is 0 Å². The number of hydrogen-bond acceptors (Lipinski definition) is 7. The number of aliphatic imine (C=N–C) groups is 1. The zero-order valence-corrected chi connectivity index (χ0v) is 18.2. The largest absolute Gasteiger partial charge is 0.379 e. The maximum absolute atomic E-state index is 13.3. The van der Waals surface area contributed by atoms with Gasteiger partial charge >= 0.3 is 0 Å². The Bertz CT molecular complexity index is 1050. The van der Waals surface area contributed by atoms with Gasteiger partial charge in [0.25, 0.3) is 0 Å². The van der Waals surface area contributed by atoms with Crippen molar-refractivity contribution in [1.82, 2.24) is 14.8 Å². The van der Waals surface area contributed by atoms with Crippen molar-refractivity contribution in [3.05, 3.63) is 40.3 Å². The number of amides is 1. The number of likely N-dealkylation sites (N-methyl/N-ethyl adjacent to an activating group) is 1. The van der Waals surface area contributed by atoms with E-state index in [4.69, 9.17) is 15.5 Å². The fourth-order valence-corrected chi connectivity index (χ4v) is 5.06. The van der Waals surface area contributed by atoms with Crippen LogP contribution >= 0.6 is 11.3 Å². The van der Waals surface area contributed by atoms with Crippen molar-refractivity contribution in [2.75, 3.05) is 33.4 Å². The summed E-state index contributed by atoms with van der Waals surface area (Å²) in [5, 5.41) is 2.08. The fourth-order valence-electron chi connectivity index (χ4n) is 4.01. The van der Waals surface area contributed by atoms with Gasteiger partial charge in [-0.25, -0.2) is 4.99 Å². The summed E-state index contributed by atoms with van der Waals surface area (Å²) in [5.74, 6) is 6.15. The Morgan fingerprint density at radius 2 is 2.03 bits per heavy atom. The van der Waals surface area contributed by atoms with Crippen molar-refractivity contribution in [2.24, 2.45) is 10.7 Å². The van der Waals surface area contributed by atoms with Crippen LogP contribution in [-0.4, -0.2) is 66.0 Å². The highest BCUT2D eigenvalue weighted by molar-refractivity contribution is 7.10. The van der Waals surface area contributed by atoms with E-state index in [9.17, 15) is 4.79 Å². The van der Waals surface area contributed by atoms with E-state index in [0.29, 0.717) is 26.3 Å². The second-order valence-electron chi connectivity index (χ2n) is 7.60. The van der Waals surface area contributed by atoms with Crippen LogP contribution in [-0.2, 0) is 15.1 Å². The summed E-state index contributed by atoms with van der Waals surface area (Å²) >= 11 is 1.59. The van der Waals surface area contributed by atoms with Gasteiger partial charge in [-0.05, 0) is 36.9 Å². The molecule has 0 radical (unpaired) electrons. The Hall–Kier alpha value is -2.73. The fraction of sp³-hybridized carbons (Fsp3) is 0.409. The molecule has 4 rings (SSSR count). The van der Waals surface area contributed by atoms with E-state index in [-0.39, 0.29) is 11.9 Å². The van der Waals surface area contributed by atoms with Gasteiger partial charge in [-0.2, -0.15) is 0 Å². The van der Waals surface area contributed by atoms with E-state index in [1.165, 1.54) is 4.90 Å². The lowest BCUT2D eigenvalue weighted by Crippen LogP contribution is -2.64. The number of carbonyl (C=O) groups excluding carboxylic acids is 1. The third-order valence-electron chi connectivity index (χ3n) is 5.64. The number of thiophene rings is 1. The molecule has 0 aliphatic carbocycles. The first-order valence-corrected chi connectivity index (χ1v) is 10.7. The second-order valence-corrected chi connectivity index (χ2v) is 8.51. The van der Waals surface area contributed by atoms with Gasteiger partial charge in [-0.3, -0.25) is 19.6 Å². The van der Waals surface area contributed by atoms with Crippen molar-refractivity contribution >= 4 is 23.2 Å². The van der Waals surface area contributed by atoms with Crippen LogP contribution in [0.25, 0.3) is 11.1 Å². The van der Waals surface area contributed by atoms with Crippen molar-refractivity contribution in [3.63, 3.8) is 0 Å². The van der Waals surface area contributed by atoms with Gasteiger partial charge in [0.1, 0.15) is 11.6 Å². The minimum absolute atomic E-state index is 0.0382. The molecule has 2 aromatic heterocycles. The summed E-state index contributed by atoms with van der Waals surface area (Å²) in [6, 6.07) is 3.68. The molecule has 0 aromatic carbocycles. The predicted molar refractivity (Wildman–Crippen MR) is 118 cm³/mol. The summed E-state index contributed by atoms with van der Waals surface area (Å²) in [4.78, 5) is 27.0. The topological polar surface area (TPSA) is 84.0 Å². The van der Waals surface area contributed by atoms with Gasteiger partial charge in [0.15, 0.2) is 5.96 Å². The highest BCUT2D eigenvalue weighted by atomic mass is 32.1. The van der Waals surface area contributed by atoms with Crippen LogP contribution in [0.2, 0.25) is 0 Å². The summed E-state index contributed by atoms with van der Waals surface area (Å²) in [5.41, 5.74) is 8.25. The molecule has 2 atom stereocenters. The molecule has 0 spiro atoms. The first kappa shape index (κ1) is 20.5. The molecule has 4 heterocycles. The van der Waals surface area contributed by atoms with Crippen LogP contribution in [0, 0.1) is 11.8 Å². The second kappa shape index (κ2) is 8.19. The molecule has 0 saturated carbocycles. The van der Waals surface area contributed by atoms with Crippen LogP contribution in [0.1, 0.15) is 24.3 Å². The number of nitrogens with two attached hydrogens (primary N) is 1. The first-order chi connectivity index (χ1) is 14.4. The number of ether oxygens (including phenoxy) is 1. The molecule has 2 aliphatic heterocycles. The number of pyridine rings is 1. The SMILES string of the molecule is CC#Cc1cncc(-c2csc([C@@]3(C)N=C(N)N(C)C(=O)C3N3CCOCC3)c2)c1. The number of hydrogen-bond donors (Lipinski definition) is 1. The van der Waals surface area contributed by atoms with E-state index in [1.54, 1.807) is 24.6 Å². The average molecular weight is 424 g/mol. The molecule has 156 valence electrons. The Kier molecular flexibility index (Phi) is 5.60. The van der Waals surface area contributed by atoms with Crippen LogP contribution in [0.5, 0.6) is 0 Å². The van der Waals surface area contributed by atoms with Crippen LogP contribution in [0.15, 0.2) is 34.9 Å². The van der Waals surface area contributed by atoms with E-state index in [2.05, 4.69) is 33.2 Å². The number of rotatable bonds is 3. The zero-order chi connectivity index (χ0) is 21.3. The monoisotopic (exact) mass is 423 g/mol. The van der Waals surface area contributed by atoms with Gasteiger partial charge < -0.3 is 10.5 Å². The number of morpholine rings is 1. The van der Waals surface area contributed by atoms with Gasteiger partial charge in [-0.1, -0.05) is 5.92 Å². The van der Waals surface area contributed by atoms with Crippen LogP contribution in [0.4, 0.5) is 0 Å². The van der Waals surface area contributed by atoms with Gasteiger partial charge in [0, 0.05) is 48.5 Å². The molecule has 2 aliphatic rings. The molecule has 1 fully saturated rings. The maximum atomic E-state index is 13.3. The molecule has 1 saturated heterocycles. The van der Waals surface area contributed by atoms with E-state index >= 15 is 0 Å². The summed E-state index contributed by atoms with van der Waals surface area (Å²) < 4.78 is 5.50. The van der Waals surface area contributed by atoms with Crippen molar-refractivity contribution < 1.29 is 9.53 Å². The molecule has 1 amide bonds. The molecular formula is C22H25N5O2S. The maximum Gasteiger partial charge on any atom is 0.249 e. The van der Waals surface area contributed by atoms with Crippen molar-refractivity contribution in [3.8, 4) is 23.0 Å². The van der Waals surface area contributed by atoms with Crippen molar-refractivity contribution in [2.45, 2.75) is 25.4 Å². The number of aromatic nitrogens is 1. The van der Waals surface area contributed by atoms with E-state index < -0.39 is 11.6 Å². The lowest BCUT2D eigenvalue weighted by atomic mass is 9.86. The van der Waals surface area contributed by atoms with E-state index in [0.717, 1.165) is 21.6 Å². The lowest BCUT2D eigenvalue weighted by molar-refractivity contribution is -0.138. The highest BCUT2D eigenvalue weighted by Crippen LogP contribution is 2.41. The third-order valence-corrected chi connectivity index (χ3v) is 6.79. The number of guanidine groups is 1. The van der Waals surface area contributed by atoms with Gasteiger partial charge in [-0.15, -0.1) is 17.3 Å². The molecule has 8 heteroatoms. The highest BCUT2D eigenvalue weighted by Gasteiger charge is 2.50. The Balaban J connectivity index is 1.75. The van der Waals surface area contributed by atoms with Crippen LogP contribution < -0.4 is 5.73 Å². The van der Waals surface area contributed by atoms with Gasteiger partial charge in [0.2, 0.25) is 5.91 Å². The lowest BCUT2D eigenvalue weighted by Gasteiger charge is -2.46. The summed E-state index contributed by atoms with van der Waals surface area (Å²) in [6.07, 6.45) is 3.58. The Labute approximate surface area is 180 Å². The summed E-state index contributed by atoms with van der Waals surface area (Å²) in [6.45, 7) is 6.40. The third kappa shape index (κ3) is 3.60. The number of nitrogens with zero attached hydrogens (tertiary/aromatic N) is 4. The molecule has 0 bridgehead atoms. The minimum atomic E-state index is -0.776. The van der Waals surface area contributed by atoms with Crippen molar-refractivity contribution in [1.29, 1.82) is 0 Å². The molecule has 30 heavy (non-hydrogen) atoms. The molecule has 1 unspecified atom stereocenters. The molecular weight excluding hydrogens is 398 g/mol. The normalized spacial score (nSPS) is 24.9.